The number of nitrogens with one attached hydrogen (secondary N) is 2. The van der Waals surface area contributed by atoms with Gasteiger partial charge in [-0.3, -0.25) is 4.79 Å². The third-order valence-electron chi connectivity index (χ3n) is 3.35. The molecule has 18 heavy (non-hydrogen) atoms. The molecule has 1 aliphatic rings. The molecule has 2 N–H and O–H groups in total. The molecule has 1 aromatic rings. The van der Waals surface area contributed by atoms with E-state index in [2.05, 4.69) is 46.7 Å². The van der Waals surface area contributed by atoms with Crippen LogP contribution in [-0.4, -0.2) is 31.6 Å². The topological polar surface area (TPSA) is 44.4 Å². The first kappa shape index (κ1) is 12.9. The average molecular weight is 247 g/mol. The normalized spacial score (nSPS) is 19.8. The maximum absolute atomic E-state index is 11.6. The number of amides is 1. The van der Waals surface area contributed by atoms with Gasteiger partial charge in [-0.2, -0.15) is 0 Å². The summed E-state index contributed by atoms with van der Waals surface area (Å²) in [5.74, 6) is 0.109. The van der Waals surface area contributed by atoms with Crippen LogP contribution >= 0.6 is 0 Å². The van der Waals surface area contributed by atoms with Crippen molar-refractivity contribution in [3.8, 4) is 0 Å². The maximum atomic E-state index is 11.6. The molecule has 0 radical (unpaired) electrons. The van der Waals surface area contributed by atoms with Crippen LogP contribution in [0.2, 0.25) is 0 Å². The van der Waals surface area contributed by atoms with E-state index in [0.717, 1.165) is 31.9 Å². The van der Waals surface area contributed by atoms with Crippen molar-refractivity contribution >= 4 is 11.6 Å². The number of nitrogens with zero attached hydrogens (tertiary/aromatic N) is 1. The standard InChI is InChI=1S/C14H21N3O/c1-3-15-10-12-4-6-13(7-5-12)17-9-8-16-14(18)11(17)2/h4-7,11,15H,3,8-10H2,1-2H3,(H,16,18). The van der Waals surface area contributed by atoms with Gasteiger partial charge in [0, 0.05) is 25.3 Å². The fraction of sp³-hybridized carbons (Fsp3) is 0.500. The number of rotatable bonds is 4. The summed E-state index contributed by atoms with van der Waals surface area (Å²) in [6.45, 7) is 7.52. The summed E-state index contributed by atoms with van der Waals surface area (Å²) >= 11 is 0. The molecule has 0 aliphatic carbocycles. The molecule has 1 fully saturated rings. The van der Waals surface area contributed by atoms with Crippen molar-refractivity contribution < 1.29 is 4.79 Å². The van der Waals surface area contributed by atoms with Gasteiger partial charge in [0.25, 0.3) is 0 Å². The first-order valence-corrected chi connectivity index (χ1v) is 6.56. The molecule has 1 unspecified atom stereocenters. The summed E-state index contributed by atoms with van der Waals surface area (Å²) in [5, 5.41) is 6.18. The summed E-state index contributed by atoms with van der Waals surface area (Å²) in [4.78, 5) is 13.8. The Morgan fingerprint density at radius 2 is 2.11 bits per heavy atom. The predicted octanol–water partition coefficient (Wildman–Crippen LogP) is 1.12. The Labute approximate surface area is 108 Å². The van der Waals surface area contributed by atoms with E-state index in [4.69, 9.17) is 0 Å². The minimum Gasteiger partial charge on any atom is -0.358 e. The fourth-order valence-electron chi connectivity index (χ4n) is 2.21. The van der Waals surface area contributed by atoms with E-state index < -0.39 is 0 Å². The molecule has 1 atom stereocenters. The van der Waals surface area contributed by atoms with Gasteiger partial charge in [0.15, 0.2) is 0 Å². The van der Waals surface area contributed by atoms with Gasteiger partial charge in [0.05, 0.1) is 0 Å². The van der Waals surface area contributed by atoms with Gasteiger partial charge < -0.3 is 15.5 Å². The van der Waals surface area contributed by atoms with Crippen molar-refractivity contribution in [3.05, 3.63) is 29.8 Å². The second-order valence-electron chi connectivity index (χ2n) is 4.61. The summed E-state index contributed by atoms with van der Waals surface area (Å²) in [6, 6.07) is 8.36. The largest absolute Gasteiger partial charge is 0.358 e. The number of hydrogen-bond donors (Lipinski definition) is 2. The van der Waals surface area contributed by atoms with Crippen LogP contribution < -0.4 is 15.5 Å². The van der Waals surface area contributed by atoms with Gasteiger partial charge in [0.2, 0.25) is 5.91 Å². The molecule has 0 saturated carbocycles. The fourth-order valence-corrected chi connectivity index (χ4v) is 2.21. The Morgan fingerprint density at radius 1 is 1.39 bits per heavy atom. The summed E-state index contributed by atoms with van der Waals surface area (Å²) < 4.78 is 0. The zero-order valence-corrected chi connectivity index (χ0v) is 11.1. The number of carbonyl (C=O) groups is 1. The Kier molecular flexibility index (Phi) is 4.20. The quantitative estimate of drug-likeness (QED) is 0.838. The second-order valence-corrected chi connectivity index (χ2v) is 4.61. The van der Waals surface area contributed by atoms with E-state index in [-0.39, 0.29) is 11.9 Å². The lowest BCUT2D eigenvalue weighted by atomic mass is 10.1. The van der Waals surface area contributed by atoms with Gasteiger partial charge in [-0.1, -0.05) is 19.1 Å². The minimum atomic E-state index is -0.0848. The number of carbonyl (C=O) groups excluding carboxylic acids is 1. The third-order valence-corrected chi connectivity index (χ3v) is 3.35. The summed E-state index contributed by atoms with van der Waals surface area (Å²) in [7, 11) is 0. The molecular formula is C14H21N3O. The van der Waals surface area contributed by atoms with Gasteiger partial charge in [-0.05, 0) is 31.2 Å². The van der Waals surface area contributed by atoms with Gasteiger partial charge in [-0.15, -0.1) is 0 Å². The van der Waals surface area contributed by atoms with Gasteiger partial charge >= 0.3 is 0 Å². The molecule has 2 rings (SSSR count). The first-order valence-electron chi connectivity index (χ1n) is 6.56. The maximum Gasteiger partial charge on any atom is 0.242 e. The highest BCUT2D eigenvalue weighted by molar-refractivity contribution is 5.86. The van der Waals surface area contributed by atoms with Crippen LogP contribution in [0, 0.1) is 0 Å². The second kappa shape index (κ2) is 5.87. The Morgan fingerprint density at radius 3 is 2.78 bits per heavy atom. The van der Waals surface area contributed by atoms with Crippen molar-refractivity contribution in [3.63, 3.8) is 0 Å². The lowest BCUT2D eigenvalue weighted by molar-refractivity contribution is -0.122. The van der Waals surface area contributed by atoms with E-state index in [1.165, 1.54) is 5.56 Å². The molecule has 1 aliphatic heterocycles. The lowest BCUT2D eigenvalue weighted by Gasteiger charge is -2.34. The molecule has 4 nitrogen and oxygen atoms in total. The summed E-state index contributed by atoms with van der Waals surface area (Å²) in [5.41, 5.74) is 2.40. The van der Waals surface area contributed by atoms with Gasteiger partial charge in [-0.25, -0.2) is 0 Å². The molecule has 0 aromatic heterocycles. The molecular weight excluding hydrogens is 226 g/mol. The Bertz CT molecular complexity index is 402. The number of piperazine rings is 1. The molecule has 0 spiro atoms. The molecule has 1 saturated heterocycles. The van der Waals surface area contributed by atoms with Crippen molar-refractivity contribution in [2.75, 3.05) is 24.5 Å². The number of anilines is 1. The molecule has 98 valence electrons. The third kappa shape index (κ3) is 2.82. The van der Waals surface area contributed by atoms with Crippen LogP contribution in [-0.2, 0) is 11.3 Å². The lowest BCUT2D eigenvalue weighted by Crippen LogP contribution is -2.54. The summed E-state index contributed by atoms with van der Waals surface area (Å²) in [6.07, 6.45) is 0. The highest BCUT2D eigenvalue weighted by Crippen LogP contribution is 2.19. The van der Waals surface area contributed by atoms with Crippen molar-refractivity contribution in [2.24, 2.45) is 0 Å². The molecule has 1 heterocycles. The van der Waals surface area contributed by atoms with Crippen molar-refractivity contribution in [2.45, 2.75) is 26.4 Å². The monoisotopic (exact) mass is 247 g/mol. The van der Waals surface area contributed by atoms with Crippen LogP contribution in [0.3, 0.4) is 0 Å². The SMILES string of the molecule is CCNCc1ccc(N2CCNC(=O)C2C)cc1. The smallest absolute Gasteiger partial charge is 0.242 e. The first-order chi connectivity index (χ1) is 8.72. The van der Waals surface area contributed by atoms with Crippen molar-refractivity contribution in [1.82, 2.24) is 10.6 Å². The van der Waals surface area contributed by atoms with E-state index in [0.29, 0.717) is 0 Å². The highest BCUT2D eigenvalue weighted by Gasteiger charge is 2.25. The molecule has 1 amide bonds. The zero-order chi connectivity index (χ0) is 13.0. The van der Waals surface area contributed by atoms with E-state index in [1.807, 2.05) is 6.92 Å². The van der Waals surface area contributed by atoms with Gasteiger partial charge in [0.1, 0.15) is 6.04 Å². The average Bonchev–Trinajstić information content (AvgIpc) is 2.40. The van der Waals surface area contributed by atoms with Crippen LogP contribution in [0.15, 0.2) is 24.3 Å². The molecule has 0 bridgehead atoms. The van der Waals surface area contributed by atoms with Crippen LogP contribution in [0.5, 0.6) is 0 Å². The molecule has 1 aromatic carbocycles. The Hall–Kier alpha value is -1.55. The van der Waals surface area contributed by atoms with E-state index >= 15 is 0 Å². The van der Waals surface area contributed by atoms with Crippen LogP contribution in [0.4, 0.5) is 5.69 Å². The minimum absolute atomic E-state index is 0.0848. The molecule has 4 heteroatoms. The number of hydrogen-bond acceptors (Lipinski definition) is 3. The van der Waals surface area contributed by atoms with E-state index in [9.17, 15) is 4.79 Å². The van der Waals surface area contributed by atoms with E-state index in [1.54, 1.807) is 0 Å². The zero-order valence-electron chi connectivity index (χ0n) is 11.1. The van der Waals surface area contributed by atoms with Crippen molar-refractivity contribution in [1.29, 1.82) is 0 Å². The highest BCUT2D eigenvalue weighted by atomic mass is 16.2. The predicted molar refractivity (Wildman–Crippen MR) is 73.6 cm³/mol. The Balaban J connectivity index is 2.06. The van der Waals surface area contributed by atoms with Crippen LogP contribution in [0.1, 0.15) is 19.4 Å². The number of benzene rings is 1. The van der Waals surface area contributed by atoms with Crippen LogP contribution in [0.25, 0.3) is 0 Å².